The van der Waals surface area contributed by atoms with E-state index in [1.165, 1.54) is 25.7 Å². The van der Waals surface area contributed by atoms with Gasteiger partial charge in [-0.15, -0.1) is 0 Å². The third-order valence-electron chi connectivity index (χ3n) is 5.12. The summed E-state index contributed by atoms with van der Waals surface area (Å²) < 4.78 is 11.0. The number of esters is 2. The summed E-state index contributed by atoms with van der Waals surface area (Å²) in [7, 11) is 3.47. The first kappa shape index (κ1) is 29.4. The monoisotopic (exact) mass is 556 g/mol. The van der Waals surface area contributed by atoms with E-state index < -0.39 is 15.6 Å². The van der Waals surface area contributed by atoms with Gasteiger partial charge >= 0.3 is 190 Å². The third kappa shape index (κ3) is 16.8. The second kappa shape index (κ2) is 18.1. The van der Waals surface area contributed by atoms with E-state index in [0.29, 0.717) is 36.6 Å². The normalized spacial score (nSPS) is 13.7. The van der Waals surface area contributed by atoms with Gasteiger partial charge in [-0.25, -0.2) is 0 Å². The molecule has 0 heterocycles. The van der Waals surface area contributed by atoms with Crippen molar-refractivity contribution in [3.8, 4) is 0 Å². The molecular weight excluding hydrogens is 511 g/mol. The molecule has 0 saturated carbocycles. The summed E-state index contributed by atoms with van der Waals surface area (Å²) in [5, 5.41) is 0. The summed E-state index contributed by atoms with van der Waals surface area (Å²) in [5.74, 6) is 1.55. The zero-order valence-electron chi connectivity index (χ0n) is 19.6. The van der Waals surface area contributed by atoms with Gasteiger partial charge in [0.15, 0.2) is 0 Å². The number of hydrogen-bond donors (Lipinski definition) is 0. The zero-order valence-corrected chi connectivity index (χ0v) is 24.1. The van der Waals surface area contributed by atoms with Gasteiger partial charge in [0, 0.05) is 0 Å². The van der Waals surface area contributed by atoms with Crippen LogP contribution in [0.3, 0.4) is 0 Å². The Morgan fingerprint density at radius 2 is 1.14 bits per heavy atom. The molecule has 0 amide bonds. The molecular formula is C22H44O4S2Sn. The molecule has 0 aliphatic heterocycles. The van der Waals surface area contributed by atoms with Gasteiger partial charge in [-0.05, 0) is 0 Å². The van der Waals surface area contributed by atoms with E-state index in [2.05, 4.69) is 37.6 Å². The minimum absolute atomic E-state index is 0.111. The van der Waals surface area contributed by atoms with Gasteiger partial charge in [0.05, 0.1) is 0 Å². The van der Waals surface area contributed by atoms with Crippen molar-refractivity contribution in [3.05, 3.63) is 0 Å². The molecule has 0 aromatic heterocycles. The van der Waals surface area contributed by atoms with Crippen LogP contribution in [0.15, 0.2) is 0 Å². The Morgan fingerprint density at radius 1 is 0.759 bits per heavy atom. The average Bonchev–Trinajstić information content (AvgIpc) is 2.71. The van der Waals surface area contributed by atoms with Gasteiger partial charge in [0.2, 0.25) is 0 Å². The van der Waals surface area contributed by atoms with Crippen LogP contribution in [-0.2, 0) is 19.1 Å². The van der Waals surface area contributed by atoms with Crippen LogP contribution in [0.5, 0.6) is 0 Å². The standard InChI is InChI=1S/2C10H20O2S.2CH3.Sn/c2*1-3-5-6-9(4-2)7-12-10(11)8-13;;;/h2*9,13H,3-8H2,1-2H3;2*1H3;/q;;;;+2/p-2/t2*9-;;;/m00.../s1. The Morgan fingerprint density at radius 3 is 1.45 bits per heavy atom. The molecule has 0 bridgehead atoms. The molecule has 172 valence electrons. The van der Waals surface area contributed by atoms with Gasteiger partial charge in [0.25, 0.3) is 0 Å². The van der Waals surface area contributed by atoms with Crippen LogP contribution in [-0.4, -0.2) is 52.3 Å². The fraction of sp³-hybridized carbons (Fsp3) is 0.909. The van der Waals surface area contributed by atoms with Crippen molar-refractivity contribution < 1.29 is 19.1 Å². The average molecular weight is 555 g/mol. The summed E-state index contributed by atoms with van der Waals surface area (Å²) in [6, 6.07) is 0. The van der Waals surface area contributed by atoms with E-state index in [0.717, 1.165) is 25.7 Å². The summed E-state index contributed by atoms with van der Waals surface area (Å²) in [6.07, 6.45) is 9.12. The SMILES string of the molecule is CCCC[C@H](CC)COC(=O)C[S][Sn]([CH3])([CH3])[S]CC(=O)OC[C@@H](CC)CCCC. The fourth-order valence-electron chi connectivity index (χ4n) is 2.81. The van der Waals surface area contributed by atoms with Crippen LogP contribution >= 0.6 is 17.9 Å². The third-order valence-corrected chi connectivity index (χ3v) is 26.4. The van der Waals surface area contributed by atoms with E-state index in [1.807, 2.05) is 0 Å². The molecule has 0 saturated heterocycles. The van der Waals surface area contributed by atoms with Crippen molar-refractivity contribution in [1.29, 1.82) is 0 Å². The van der Waals surface area contributed by atoms with Crippen LogP contribution in [0.1, 0.15) is 79.1 Å². The van der Waals surface area contributed by atoms with Gasteiger partial charge in [-0.1, -0.05) is 0 Å². The Balaban J connectivity index is 4.09. The van der Waals surface area contributed by atoms with Crippen LogP contribution in [0.4, 0.5) is 0 Å². The number of unbranched alkanes of at least 4 members (excludes halogenated alkanes) is 2. The summed E-state index contributed by atoms with van der Waals surface area (Å²) in [6.45, 7) is 9.78. The summed E-state index contributed by atoms with van der Waals surface area (Å²) in [5.41, 5.74) is 0. The van der Waals surface area contributed by atoms with Crippen molar-refractivity contribution >= 4 is 45.4 Å². The number of carbonyl (C=O) groups excluding carboxylic acids is 2. The predicted octanol–water partition coefficient (Wildman–Crippen LogP) is 6.67. The van der Waals surface area contributed by atoms with Gasteiger partial charge in [-0.3, -0.25) is 0 Å². The molecule has 0 spiro atoms. The van der Waals surface area contributed by atoms with E-state index in [1.54, 1.807) is 17.9 Å². The summed E-state index contributed by atoms with van der Waals surface area (Å²) >= 11 is -2.55. The molecule has 0 aliphatic rings. The molecule has 29 heavy (non-hydrogen) atoms. The van der Waals surface area contributed by atoms with E-state index in [4.69, 9.17) is 9.47 Å². The summed E-state index contributed by atoms with van der Waals surface area (Å²) in [4.78, 5) is 28.7. The minimum atomic E-state index is -2.55. The molecule has 0 aliphatic carbocycles. The maximum atomic E-state index is 12.1. The first-order valence-electron chi connectivity index (χ1n) is 11.4. The molecule has 0 rings (SSSR count). The van der Waals surface area contributed by atoms with E-state index in [-0.39, 0.29) is 11.9 Å². The number of rotatable bonds is 18. The second-order valence-corrected chi connectivity index (χ2v) is 37.7. The Hall–Kier alpha value is 0.439. The number of hydrogen-bond acceptors (Lipinski definition) is 6. The molecule has 0 N–H and O–H groups in total. The van der Waals surface area contributed by atoms with Crippen LogP contribution < -0.4 is 0 Å². The zero-order chi connectivity index (χ0) is 22.1. The van der Waals surface area contributed by atoms with E-state index >= 15 is 0 Å². The van der Waals surface area contributed by atoms with Crippen LogP contribution in [0, 0.1) is 11.8 Å². The molecule has 0 unspecified atom stereocenters. The number of carbonyl (C=O) groups is 2. The Labute approximate surface area is 189 Å². The van der Waals surface area contributed by atoms with Crippen molar-refractivity contribution in [2.45, 2.75) is 88.9 Å². The van der Waals surface area contributed by atoms with Gasteiger partial charge in [0.1, 0.15) is 0 Å². The topological polar surface area (TPSA) is 52.6 Å². The van der Waals surface area contributed by atoms with Crippen LogP contribution in [0.2, 0.25) is 9.88 Å². The van der Waals surface area contributed by atoms with Crippen molar-refractivity contribution in [2.75, 3.05) is 24.7 Å². The van der Waals surface area contributed by atoms with Crippen molar-refractivity contribution in [3.63, 3.8) is 0 Å². The molecule has 7 heteroatoms. The molecule has 0 aromatic carbocycles. The quantitative estimate of drug-likeness (QED) is 0.139. The molecule has 4 nitrogen and oxygen atoms in total. The fourth-order valence-corrected chi connectivity index (χ4v) is 16.7. The first-order chi connectivity index (χ1) is 13.8. The molecule has 0 fully saturated rings. The van der Waals surface area contributed by atoms with E-state index in [9.17, 15) is 9.59 Å². The molecule has 2 atom stereocenters. The Bertz CT molecular complexity index is 409. The van der Waals surface area contributed by atoms with Crippen LogP contribution in [0.25, 0.3) is 0 Å². The molecule has 0 radical (unpaired) electrons. The van der Waals surface area contributed by atoms with Gasteiger partial charge < -0.3 is 0 Å². The van der Waals surface area contributed by atoms with Gasteiger partial charge in [-0.2, -0.15) is 0 Å². The second-order valence-electron chi connectivity index (χ2n) is 8.18. The first-order valence-corrected chi connectivity index (χ1v) is 26.0. The predicted molar refractivity (Wildman–Crippen MR) is 131 cm³/mol. The maximum absolute atomic E-state index is 12.1. The number of ether oxygens (including phenoxy) is 2. The Kier molecular flexibility index (Phi) is 18.3. The molecule has 0 aromatic rings. The van der Waals surface area contributed by atoms with Crippen molar-refractivity contribution in [2.24, 2.45) is 11.8 Å². The van der Waals surface area contributed by atoms with Crippen molar-refractivity contribution in [1.82, 2.24) is 0 Å².